The van der Waals surface area contributed by atoms with Gasteiger partial charge in [-0.15, -0.1) is 0 Å². The molecule has 4 saturated carbocycles. The molecule has 0 bridgehead atoms. The number of amides is 6. The first-order chi connectivity index (χ1) is 33.2. The van der Waals surface area contributed by atoms with E-state index in [1.54, 1.807) is 34.1 Å². The summed E-state index contributed by atoms with van der Waals surface area (Å²) in [6.07, 6.45) is 3.27. The van der Waals surface area contributed by atoms with Gasteiger partial charge in [0.05, 0.1) is 23.7 Å². The number of nitrogens with one attached hydrogen (secondary N) is 4. The van der Waals surface area contributed by atoms with Crippen molar-refractivity contribution in [3.63, 3.8) is 0 Å². The van der Waals surface area contributed by atoms with E-state index in [1.165, 1.54) is 0 Å². The molecule has 5 aromatic carbocycles. The first-order valence-corrected chi connectivity index (χ1v) is 24.3. The minimum absolute atomic E-state index is 0.0327. The predicted octanol–water partition coefficient (Wildman–Crippen LogP) is 5.75. The van der Waals surface area contributed by atoms with Crippen LogP contribution in [0, 0.1) is 23.7 Å². The molecule has 2 aliphatic heterocycles. The molecule has 68 heavy (non-hydrogen) atoms. The molecule has 4 N–H and O–H groups in total. The zero-order chi connectivity index (χ0) is 46.5. The lowest BCUT2D eigenvalue weighted by Gasteiger charge is -2.18. The third-order valence-electron chi connectivity index (χ3n) is 15.3. The van der Waals surface area contributed by atoms with Gasteiger partial charge in [-0.3, -0.25) is 28.8 Å². The lowest BCUT2D eigenvalue weighted by molar-refractivity contribution is -0.133. The average molecular weight is 909 g/mol. The number of likely N-dealkylation sites (tertiary alicyclic amines) is 2. The Hall–Kier alpha value is -7.08. The summed E-state index contributed by atoms with van der Waals surface area (Å²) >= 11 is 0. The number of benzene rings is 5. The average Bonchev–Trinajstić information content (AvgIpc) is 4.31. The summed E-state index contributed by atoms with van der Waals surface area (Å²) in [5.74, 6) is -3.68. The van der Waals surface area contributed by atoms with Crippen molar-refractivity contribution in [1.29, 1.82) is 0 Å². The van der Waals surface area contributed by atoms with Gasteiger partial charge in [0.1, 0.15) is 0 Å². The molecular weight excluding hydrogens is 853 g/mol. The third kappa shape index (κ3) is 9.16. The van der Waals surface area contributed by atoms with Crippen molar-refractivity contribution in [3.05, 3.63) is 179 Å². The normalized spacial score (nSPS) is 29.6. The lowest BCUT2D eigenvalue weighted by atomic mass is 9.94. The van der Waals surface area contributed by atoms with Gasteiger partial charge in [-0.1, -0.05) is 121 Å². The number of carbonyl (C=O) groups is 6. The molecule has 0 radical (unpaired) electrons. The van der Waals surface area contributed by atoms with Gasteiger partial charge in [0.2, 0.25) is 23.6 Å². The Morgan fingerprint density at radius 2 is 0.544 bits per heavy atom. The van der Waals surface area contributed by atoms with Crippen LogP contribution >= 0.6 is 0 Å². The second kappa shape index (κ2) is 18.2. The van der Waals surface area contributed by atoms with Crippen LogP contribution in [0.2, 0.25) is 0 Å². The maximum absolute atomic E-state index is 14.2. The van der Waals surface area contributed by atoms with Crippen molar-refractivity contribution < 1.29 is 28.8 Å². The van der Waals surface area contributed by atoms with Crippen LogP contribution in [0.15, 0.2) is 146 Å². The van der Waals surface area contributed by atoms with Crippen LogP contribution in [0.3, 0.4) is 0 Å². The van der Waals surface area contributed by atoms with Gasteiger partial charge in [0.25, 0.3) is 11.8 Å². The van der Waals surface area contributed by atoms with Crippen molar-refractivity contribution in [3.8, 4) is 0 Å². The summed E-state index contributed by atoms with van der Waals surface area (Å²) in [6.45, 7) is 0.331. The smallest absolute Gasteiger partial charge is 0.253 e. The first kappa shape index (κ1) is 43.5. The molecule has 5 aromatic rings. The molecule has 6 fully saturated rings. The molecular formula is C56H56N6O6. The van der Waals surface area contributed by atoms with Gasteiger partial charge in [-0.25, -0.2) is 0 Å². The molecule has 6 amide bonds. The zero-order valence-corrected chi connectivity index (χ0v) is 37.8. The Labute approximate surface area is 396 Å². The summed E-state index contributed by atoms with van der Waals surface area (Å²) in [5.41, 5.74) is 5.30. The topological polar surface area (TPSA) is 157 Å². The second-order valence-electron chi connectivity index (χ2n) is 19.9. The van der Waals surface area contributed by atoms with E-state index in [4.69, 9.17) is 0 Å². The molecule has 4 aliphatic carbocycles. The van der Waals surface area contributed by atoms with Crippen LogP contribution in [0.25, 0.3) is 0 Å². The molecule has 0 unspecified atom stereocenters. The van der Waals surface area contributed by atoms with Crippen molar-refractivity contribution in [2.75, 3.05) is 26.2 Å². The Morgan fingerprint density at radius 3 is 0.765 bits per heavy atom. The number of hydrogen-bond acceptors (Lipinski definition) is 6. The van der Waals surface area contributed by atoms with Crippen LogP contribution in [0.5, 0.6) is 0 Å². The fraction of sp³-hybridized carbons (Fsp3) is 0.357. The molecule has 2 saturated heterocycles. The monoisotopic (exact) mass is 908 g/mol. The number of rotatable bonds is 14. The van der Waals surface area contributed by atoms with E-state index >= 15 is 0 Å². The first-order valence-electron chi connectivity index (χ1n) is 24.3. The van der Waals surface area contributed by atoms with Crippen molar-refractivity contribution in [2.45, 2.75) is 73.5 Å². The number of hydrogen-bond donors (Lipinski definition) is 4. The maximum atomic E-state index is 14.2. The summed E-state index contributed by atoms with van der Waals surface area (Å²) in [4.78, 5) is 87.5. The van der Waals surface area contributed by atoms with Crippen LogP contribution in [-0.4, -0.2) is 95.6 Å². The Kier molecular flexibility index (Phi) is 11.6. The molecule has 6 aliphatic rings. The molecule has 11 rings (SSSR count). The summed E-state index contributed by atoms with van der Waals surface area (Å²) < 4.78 is 0. The fourth-order valence-corrected chi connectivity index (χ4v) is 11.0. The van der Waals surface area contributed by atoms with Gasteiger partial charge < -0.3 is 31.1 Å². The van der Waals surface area contributed by atoms with Gasteiger partial charge in [0.15, 0.2) is 0 Å². The van der Waals surface area contributed by atoms with E-state index in [2.05, 4.69) is 69.8 Å². The highest BCUT2D eigenvalue weighted by Crippen LogP contribution is 2.44. The Morgan fingerprint density at radius 1 is 0.324 bits per heavy atom. The van der Waals surface area contributed by atoms with Crippen molar-refractivity contribution in [1.82, 2.24) is 31.1 Å². The second-order valence-corrected chi connectivity index (χ2v) is 19.9. The molecule has 12 heteroatoms. The molecule has 12 nitrogen and oxygen atoms in total. The van der Waals surface area contributed by atoms with Crippen LogP contribution in [0.4, 0.5) is 0 Å². The van der Waals surface area contributed by atoms with Gasteiger partial charge >= 0.3 is 0 Å². The maximum Gasteiger partial charge on any atom is 0.253 e. The van der Waals surface area contributed by atoms with Crippen LogP contribution < -0.4 is 21.3 Å². The third-order valence-corrected chi connectivity index (χ3v) is 15.3. The zero-order valence-electron chi connectivity index (χ0n) is 37.8. The SMILES string of the molecule is O=C(N[C@H]1C[C@@H]1c1ccccc1)[C@@H]1CN(C(=O)c2ccc(C(=O)N3C[C@@H](C(=O)N[C@@H]4C[C@H]4c4ccccc4)[C@H](C(=O)N[C@@H]4C[C@H]4c4ccccc4)C3)cc2)C[C@H]1C(=O)N[C@H]1C[C@@H]1c1ccccc1. The van der Waals surface area contributed by atoms with E-state index in [1.807, 2.05) is 72.8 Å². The Balaban J connectivity index is 0.756. The Bertz CT molecular complexity index is 2370. The lowest BCUT2D eigenvalue weighted by Crippen LogP contribution is -2.43. The molecule has 0 spiro atoms. The minimum atomic E-state index is -0.732. The summed E-state index contributed by atoms with van der Waals surface area (Å²) in [7, 11) is 0. The summed E-state index contributed by atoms with van der Waals surface area (Å²) in [5, 5.41) is 12.8. The predicted molar refractivity (Wildman–Crippen MR) is 255 cm³/mol. The van der Waals surface area contributed by atoms with E-state index in [0.717, 1.165) is 47.9 Å². The van der Waals surface area contributed by atoms with Crippen molar-refractivity contribution in [2.24, 2.45) is 23.7 Å². The highest BCUT2D eigenvalue weighted by molar-refractivity contribution is 6.00. The standard InChI is InChI=1S/C56H56N6O6/c63-51(57-47-25-39(47)33-13-5-1-6-14-33)43-29-61(30-44(43)52(64)58-48-26-40(48)34-15-7-2-8-16-34)55(67)37-21-23-38(24-22-37)56(68)62-31-45(53(65)59-49-27-41(49)35-17-9-3-10-18-35)46(32-62)54(66)60-50-28-42(50)36-19-11-4-12-20-36/h1-24,39-50H,25-32H2,(H,57,63)(H,58,64)(H,59,65)(H,60,66)/t39-,40-,41+,42+,43-,44-,45-,46-,47+,48+,49-,50-/m1/s1. The fourth-order valence-electron chi connectivity index (χ4n) is 11.0. The highest BCUT2D eigenvalue weighted by atomic mass is 16.2. The van der Waals surface area contributed by atoms with Gasteiger partial charge in [0, 0.05) is 85.1 Å². The number of carbonyl (C=O) groups excluding carboxylic acids is 6. The number of nitrogens with zero attached hydrogens (tertiary/aromatic N) is 2. The van der Waals surface area contributed by atoms with E-state index in [-0.39, 0.29) is 109 Å². The van der Waals surface area contributed by atoms with Crippen LogP contribution in [0.1, 0.15) is 92.3 Å². The minimum Gasteiger partial charge on any atom is -0.352 e. The highest BCUT2D eigenvalue weighted by Gasteiger charge is 2.51. The molecule has 2 heterocycles. The van der Waals surface area contributed by atoms with E-state index in [0.29, 0.717) is 11.1 Å². The van der Waals surface area contributed by atoms with Crippen molar-refractivity contribution >= 4 is 35.4 Å². The molecule has 346 valence electrons. The van der Waals surface area contributed by atoms with E-state index in [9.17, 15) is 28.8 Å². The van der Waals surface area contributed by atoms with Crippen LogP contribution in [-0.2, 0) is 19.2 Å². The quantitative estimate of drug-likeness (QED) is 0.111. The largest absolute Gasteiger partial charge is 0.352 e. The molecule has 0 aromatic heterocycles. The summed E-state index contributed by atoms with van der Waals surface area (Å²) in [6, 6.07) is 46.5. The van der Waals surface area contributed by atoms with E-state index < -0.39 is 23.7 Å². The molecule has 12 atom stereocenters. The van der Waals surface area contributed by atoms with Gasteiger partial charge in [-0.05, 0) is 72.2 Å². The van der Waals surface area contributed by atoms with Gasteiger partial charge in [-0.2, -0.15) is 0 Å².